The number of hydroxylamine groups is 2. The van der Waals surface area contributed by atoms with Crippen LogP contribution in [0.15, 0.2) is 42.5 Å². The molecule has 0 radical (unpaired) electrons. The second-order valence-electron chi connectivity index (χ2n) is 6.77. The standard InChI is InChI=1S/C20H17NO7/c1-20(2)26-14-9-8-11(10-15(14)27-20)16(19(24)25-3)28-21-17(22)12-6-4-5-7-13(12)18(21)23/h4-10,16H,1-3H3. The van der Waals surface area contributed by atoms with Crippen molar-refractivity contribution in [1.82, 2.24) is 5.06 Å². The summed E-state index contributed by atoms with van der Waals surface area (Å²) in [5, 5.41) is 0.584. The van der Waals surface area contributed by atoms with Crippen LogP contribution in [0.3, 0.4) is 0 Å². The van der Waals surface area contributed by atoms with E-state index in [1.54, 1.807) is 44.2 Å². The molecule has 2 heterocycles. The molecular formula is C20H17NO7. The number of hydrogen-bond donors (Lipinski definition) is 0. The molecule has 28 heavy (non-hydrogen) atoms. The summed E-state index contributed by atoms with van der Waals surface area (Å²) >= 11 is 0. The number of carbonyl (C=O) groups is 3. The summed E-state index contributed by atoms with van der Waals surface area (Å²) in [5.41, 5.74) is 0.774. The number of esters is 1. The maximum atomic E-state index is 12.5. The summed E-state index contributed by atoms with van der Waals surface area (Å²) in [6.45, 7) is 3.50. The van der Waals surface area contributed by atoms with E-state index < -0.39 is 29.7 Å². The first kappa shape index (κ1) is 18.0. The van der Waals surface area contributed by atoms with Crippen molar-refractivity contribution in [3.8, 4) is 11.5 Å². The maximum absolute atomic E-state index is 12.5. The molecular weight excluding hydrogens is 366 g/mol. The minimum Gasteiger partial charge on any atom is -0.467 e. The van der Waals surface area contributed by atoms with Crippen LogP contribution in [-0.2, 0) is 14.4 Å². The average Bonchev–Trinajstić information content (AvgIpc) is 3.11. The third kappa shape index (κ3) is 2.87. The number of imide groups is 1. The highest BCUT2D eigenvalue weighted by molar-refractivity contribution is 6.20. The van der Waals surface area contributed by atoms with Crippen molar-refractivity contribution in [3.63, 3.8) is 0 Å². The van der Waals surface area contributed by atoms with Gasteiger partial charge in [-0.3, -0.25) is 9.59 Å². The minimum absolute atomic E-state index is 0.212. The third-order valence-corrected chi connectivity index (χ3v) is 4.36. The molecule has 0 saturated heterocycles. The second kappa shape index (κ2) is 6.35. The summed E-state index contributed by atoms with van der Waals surface area (Å²) < 4.78 is 16.1. The zero-order valence-electron chi connectivity index (χ0n) is 15.4. The van der Waals surface area contributed by atoms with Crippen LogP contribution in [0.2, 0.25) is 0 Å². The first-order valence-electron chi connectivity index (χ1n) is 8.55. The van der Waals surface area contributed by atoms with Gasteiger partial charge in [0.25, 0.3) is 11.8 Å². The number of rotatable bonds is 4. The molecule has 4 rings (SSSR count). The van der Waals surface area contributed by atoms with E-state index in [2.05, 4.69) is 0 Å². The second-order valence-corrected chi connectivity index (χ2v) is 6.77. The highest BCUT2D eigenvalue weighted by atomic mass is 16.7. The van der Waals surface area contributed by atoms with Gasteiger partial charge in [-0.15, -0.1) is 5.06 Å². The van der Waals surface area contributed by atoms with E-state index in [1.165, 1.54) is 19.2 Å². The van der Waals surface area contributed by atoms with Crippen molar-refractivity contribution in [2.45, 2.75) is 25.7 Å². The Morgan fingerprint density at radius 1 is 1.00 bits per heavy atom. The van der Waals surface area contributed by atoms with Gasteiger partial charge in [-0.1, -0.05) is 18.2 Å². The Balaban J connectivity index is 1.65. The monoisotopic (exact) mass is 383 g/mol. The summed E-state index contributed by atoms with van der Waals surface area (Å²) in [6.07, 6.45) is -1.34. The molecule has 0 N–H and O–H groups in total. The molecule has 0 saturated carbocycles. The molecule has 0 aromatic heterocycles. The van der Waals surface area contributed by atoms with Crippen molar-refractivity contribution >= 4 is 17.8 Å². The van der Waals surface area contributed by atoms with E-state index >= 15 is 0 Å². The summed E-state index contributed by atoms with van der Waals surface area (Å²) in [5.74, 6) is -1.96. The van der Waals surface area contributed by atoms with Gasteiger partial charge in [-0.25, -0.2) is 9.63 Å². The lowest BCUT2D eigenvalue weighted by atomic mass is 10.1. The SMILES string of the molecule is COC(=O)C(ON1C(=O)c2ccccc2C1=O)c1ccc2c(c1)OC(C)(C)O2. The van der Waals surface area contributed by atoms with Gasteiger partial charge < -0.3 is 14.2 Å². The van der Waals surface area contributed by atoms with Gasteiger partial charge in [0.05, 0.1) is 18.2 Å². The van der Waals surface area contributed by atoms with Crippen LogP contribution in [0.1, 0.15) is 46.2 Å². The quantitative estimate of drug-likeness (QED) is 0.592. The minimum atomic E-state index is -1.34. The number of benzene rings is 2. The Kier molecular flexibility index (Phi) is 4.08. The van der Waals surface area contributed by atoms with Crippen molar-refractivity contribution in [1.29, 1.82) is 0 Å². The summed E-state index contributed by atoms with van der Waals surface area (Å²) in [4.78, 5) is 43.0. The zero-order chi connectivity index (χ0) is 20.1. The largest absolute Gasteiger partial charge is 0.467 e. The molecule has 8 nitrogen and oxygen atoms in total. The number of methoxy groups -OCH3 is 1. The van der Waals surface area contributed by atoms with E-state index in [0.717, 1.165) is 0 Å². The van der Waals surface area contributed by atoms with Crippen LogP contribution in [0.25, 0.3) is 0 Å². The highest BCUT2D eigenvalue weighted by Gasteiger charge is 2.41. The van der Waals surface area contributed by atoms with Crippen LogP contribution in [0.4, 0.5) is 0 Å². The summed E-state index contributed by atoms with van der Waals surface area (Å²) in [7, 11) is 1.19. The van der Waals surface area contributed by atoms with Crippen LogP contribution in [0, 0.1) is 0 Å². The van der Waals surface area contributed by atoms with Gasteiger partial charge in [0, 0.05) is 13.8 Å². The normalized spacial score (nSPS) is 17.5. The summed E-state index contributed by atoms with van der Waals surface area (Å²) in [6, 6.07) is 11.1. The van der Waals surface area contributed by atoms with Crippen LogP contribution < -0.4 is 9.47 Å². The number of nitrogens with zero attached hydrogens (tertiary/aromatic N) is 1. The van der Waals surface area contributed by atoms with Crippen LogP contribution in [-0.4, -0.2) is 35.7 Å². The molecule has 1 atom stereocenters. The van der Waals surface area contributed by atoms with Gasteiger partial charge in [-0.05, 0) is 29.8 Å². The lowest BCUT2D eigenvalue weighted by Crippen LogP contribution is -2.34. The Bertz CT molecular complexity index is 963. The first-order valence-corrected chi connectivity index (χ1v) is 8.55. The third-order valence-electron chi connectivity index (χ3n) is 4.36. The molecule has 2 aliphatic rings. The lowest BCUT2D eigenvalue weighted by molar-refractivity contribution is -0.179. The molecule has 8 heteroatoms. The average molecular weight is 383 g/mol. The molecule has 2 aromatic rings. The van der Waals surface area contributed by atoms with Gasteiger partial charge in [0.2, 0.25) is 11.9 Å². The molecule has 1 unspecified atom stereocenters. The van der Waals surface area contributed by atoms with Gasteiger partial charge >= 0.3 is 5.97 Å². The fourth-order valence-corrected chi connectivity index (χ4v) is 3.12. The first-order chi connectivity index (χ1) is 13.3. The molecule has 144 valence electrons. The number of amides is 2. The Morgan fingerprint density at radius 3 is 2.21 bits per heavy atom. The molecule has 2 aliphatic heterocycles. The fraction of sp³-hybridized carbons (Fsp3) is 0.250. The van der Waals surface area contributed by atoms with E-state index in [4.69, 9.17) is 19.0 Å². The number of ether oxygens (including phenoxy) is 3. The van der Waals surface area contributed by atoms with Gasteiger partial charge in [0.15, 0.2) is 11.5 Å². The molecule has 2 aromatic carbocycles. The Labute approximate surface area is 160 Å². The Morgan fingerprint density at radius 2 is 1.61 bits per heavy atom. The van der Waals surface area contributed by atoms with E-state index in [-0.39, 0.29) is 11.1 Å². The number of hydrogen-bond acceptors (Lipinski definition) is 7. The fourth-order valence-electron chi connectivity index (χ4n) is 3.12. The smallest absolute Gasteiger partial charge is 0.342 e. The van der Waals surface area contributed by atoms with Crippen molar-refractivity contribution in [3.05, 3.63) is 59.2 Å². The van der Waals surface area contributed by atoms with Crippen LogP contribution in [0.5, 0.6) is 11.5 Å². The molecule has 0 aliphatic carbocycles. The van der Waals surface area contributed by atoms with Crippen molar-refractivity contribution in [2.75, 3.05) is 7.11 Å². The van der Waals surface area contributed by atoms with Crippen molar-refractivity contribution < 1.29 is 33.4 Å². The number of carbonyl (C=O) groups excluding carboxylic acids is 3. The molecule has 0 fully saturated rings. The van der Waals surface area contributed by atoms with Gasteiger partial charge in [-0.2, -0.15) is 0 Å². The predicted octanol–water partition coefficient (Wildman–Crippen LogP) is 2.64. The van der Waals surface area contributed by atoms with E-state index in [0.29, 0.717) is 22.1 Å². The molecule has 0 bridgehead atoms. The lowest BCUT2D eigenvalue weighted by Gasteiger charge is -2.21. The van der Waals surface area contributed by atoms with E-state index in [9.17, 15) is 14.4 Å². The van der Waals surface area contributed by atoms with Crippen LogP contribution >= 0.6 is 0 Å². The molecule has 0 spiro atoms. The topological polar surface area (TPSA) is 91.4 Å². The van der Waals surface area contributed by atoms with E-state index in [1.807, 2.05) is 0 Å². The number of fused-ring (bicyclic) bond motifs is 2. The Hall–Kier alpha value is -3.39. The maximum Gasteiger partial charge on any atom is 0.342 e. The molecule has 2 amide bonds. The zero-order valence-corrected chi connectivity index (χ0v) is 15.4. The predicted molar refractivity (Wildman–Crippen MR) is 94.6 cm³/mol. The highest BCUT2D eigenvalue weighted by Crippen LogP contribution is 2.41. The van der Waals surface area contributed by atoms with Gasteiger partial charge in [0.1, 0.15) is 0 Å². The van der Waals surface area contributed by atoms with Crippen molar-refractivity contribution in [2.24, 2.45) is 0 Å².